The zero-order valence-electron chi connectivity index (χ0n) is 21.8. The molecule has 190 valence electrons. The number of carbonyl (C=O) groups is 1. The number of rotatable bonds is 5. The van der Waals surface area contributed by atoms with Gasteiger partial charge in [0.1, 0.15) is 5.56 Å². The molecule has 8 nitrogen and oxygen atoms in total. The normalized spacial score (nSPS) is 11.9. The number of hydrogen-bond acceptors (Lipinski definition) is 5. The average molecular weight is 505 g/mol. The Hall–Kier alpha value is -4.74. The Morgan fingerprint density at radius 1 is 1.11 bits per heavy atom. The minimum atomic E-state index is -0.499. The van der Waals surface area contributed by atoms with Crippen molar-refractivity contribution in [3.05, 3.63) is 106 Å². The Bertz CT molecular complexity index is 1770. The maximum atomic E-state index is 14.1. The van der Waals surface area contributed by atoms with Gasteiger partial charge in [-0.2, -0.15) is 5.10 Å². The molecule has 0 aliphatic heterocycles. The van der Waals surface area contributed by atoms with Gasteiger partial charge in [-0.25, -0.2) is 9.50 Å². The van der Waals surface area contributed by atoms with Gasteiger partial charge >= 0.3 is 0 Å². The van der Waals surface area contributed by atoms with Crippen LogP contribution in [0, 0.1) is 18.8 Å². The van der Waals surface area contributed by atoms with Crippen molar-refractivity contribution in [1.29, 1.82) is 0 Å². The van der Waals surface area contributed by atoms with E-state index in [0.717, 1.165) is 5.39 Å². The summed E-state index contributed by atoms with van der Waals surface area (Å²) in [7, 11) is 3.90. The summed E-state index contributed by atoms with van der Waals surface area (Å²) in [5.74, 6) is 6.00. The fourth-order valence-corrected chi connectivity index (χ4v) is 4.55. The Morgan fingerprint density at radius 2 is 1.89 bits per heavy atom. The van der Waals surface area contributed by atoms with Crippen LogP contribution in [0.1, 0.15) is 40.3 Å². The first-order valence-electron chi connectivity index (χ1n) is 12.3. The minimum absolute atomic E-state index is 0.187. The number of amides is 1. The molecule has 3 heterocycles. The van der Waals surface area contributed by atoms with Gasteiger partial charge in [0.15, 0.2) is 5.65 Å². The second-order valence-corrected chi connectivity index (χ2v) is 9.40. The van der Waals surface area contributed by atoms with Crippen LogP contribution in [0.2, 0.25) is 0 Å². The molecule has 38 heavy (non-hydrogen) atoms. The Kier molecular flexibility index (Phi) is 6.77. The van der Waals surface area contributed by atoms with Crippen LogP contribution in [-0.2, 0) is 0 Å². The van der Waals surface area contributed by atoms with Gasteiger partial charge in [-0.05, 0) is 63.7 Å². The van der Waals surface area contributed by atoms with E-state index < -0.39 is 6.04 Å². The van der Waals surface area contributed by atoms with E-state index in [0.29, 0.717) is 45.8 Å². The quantitative estimate of drug-likeness (QED) is 0.369. The van der Waals surface area contributed by atoms with E-state index >= 15 is 0 Å². The monoisotopic (exact) mass is 504 g/mol. The lowest BCUT2D eigenvalue weighted by Crippen LogP contribution is -2.32. The number of carbonyl (C=O) groups excluding carboxylic acids is 1. The summed E-state index contributed by atoms with van der Waals surface area (Å²) in [4.78, 5) is 33.8. The Morgan fingerprint density at radius 3 is 2.66 bits per heavy atom. The fraction of sp³-hybridized carbons (Fsp3) is 0.200. The highest BCUT2D eigenvalue weighted by Gasteiger charge is 2.23. The van der Waals surface area contributed by atoms with Gasteiger partial charge in [0.05, 0.1) is 23.7 Å². The SMILES string of the molecule is Cc1nn2cccnc2c1C(=O)NC(C)c1cc2cccc(C#CCN(C)C)c2c(=O)n1-c1ccccc1. The topological polar surface area (TPSA) is 84.5 Å². The first-order chi connectivity index (χ1) is 18.3. The molecule has 0 radical (unpaired) electrons. The second-order valence-electron chi connectivity index (χ2n) is 9.40. The highest BCUT2D eigenvalue weighted by atomic mass is 16.2. The summed E-state index contributed by atoms with van der Waals surface area (Å²) in [6.45, 7) is 4.23. The third-order valence-electron chi connectivity index (χ3n) is 6.30. The van der Waals surface area contributed by atoms with Crippen LogP contribution in [0.3, 0.4) is 0 Å². The molecule has 5 rings (SSSR count). The van der Waals surface area contributed by atoms with Gasteiger partial charge in [-0.1, -0.05) is 42.2 Å². The van der Waals surface area contributed by atoms with Crippen molar-refractivity contribution in [1.82, 2.24) is 29.4 Å². The maximum Gasteiger partial charge on any atom is 0.264 e. The number of nitrogens with one attached hydrogen (secondary N) is 1. The van der Waals surface area contributed by atoms with Crippen molar-refractivity contribution in [2.75, 3.05) is 20.6 Å². The summed E-state index contributed by atoms with van der Waals surface area (Å²) in [5.41, 5.74) is 3.32. The van der Waals surface area contributed by atoms with Gasteiger partial charge in [0.25, 0.3) is 11.5 Å². The molecule has 1 unspecified atom stereocenters. The van der Waals surface area contributed by atoms with Crippen LogP contribution in [0.4, 0.5) is 0 Å². The molecule has 1 atom stereocenters. The Balaban J connectivity index is 1.63. The molecule has 1 amide bonds. The third-order valence-corrected chi connectivity index (χ3v) is 6.30. The number of benzene rings is 2. The highest BCUT2D eigenvalue weighted by molar-refractivity contribution is 6.01. The summed E-state index contributed by atoms with van der Waals surface area (Å²) in [6, 6.07) is 18.3. The van der Waals surface area contributed by atoms with Crippen LogP contribution in [0.25, 0.3) is 22.1 Å². The fourth-order valence-electron chi connectivity index (χ4n) is 4.55. The lowest BCUT2D eigenvalue weighted by molar-refractivity contribution is 0.0939. The van der Waals surface area contributed by atoms with E-state index in [2.05, 4.69) is 27.2 Å². The summed E-state index contributed by atoms with van der Waals surface area (Å²) in [6.07, 6.45) is 3.39. The van der Waals surface area contributed by atoms with E-state index in [9.17, 15) is 9.59 Å². The first-order valence-corrected chi connectivity index (χ1v) is 12.3. The van der Waals surface area contributed by atoms with Gasteiger partial charge in [-0.15, -0.1) is 0 Å². The molecule has 2 aromatic carbocycles. The number of hydrogen-bond donors (Lipinski definition) is 1. The lowest BCUT2D eigenvalue weighted by atomic mass is 10.0. The molecular weight excluding hydrogens is 476 g/mol. The van der Waals surface area contributed by atoms with Crippen molar-refractivity contribution in [2.45, 2.75) is 19.9 Å². The standard InChI is InChI=1S/C30H28N6O2/c1-20(32-29(37)26-21(2)33-35-18-10-16-31-28(26)35)25-19-23-12-8-11-22(13-9-17-34(3)4)27(23)30(38)36(25)24-14-6-5-7-15-24/h5-8,10-12,14-16,18-20H,17H2,1-4H3,(H,32,37). The molecule has 0 saturated heterocycles. The minimum Gasteiger partial charge on any atom is -0.344 e. The second kappa shape index (κ2) is 10.3. The summed E-state index contributed by atoms with van der Waals surface area (Å²) >= 11 is 0. The molecule has 0 saturated carbocycles. The molecule has 5 aromatic rings. The molecule has 0 spiro atoms. The van der Waals surface area contributed by atoms with Crippen LogP contribution in [0.15, 0.2) is 77.9 Å². The largest absolute Gasteiger partial charge is 0.344 e. The number of aromatic nitrogens is 4. The smallest absolute Gasteiger partial charge is 0.264 e. The average Bonchev–Trinajstić information content (AvgIpc) is 3.24. The molecular formula is C30H28N6O2. The van der Waals surface area contributed by atoms with Crippen LogP contribution < -0.4 is 10.9 Å². The van der Waals surface area contributed by atoms with Crippen LogP contribution in [0.5, 0.6) is 0 Å². The molecule has 0 bridgehead atoms. The van der Waals surface area contributed by atoms with Crippen molar-refractivity contribution in [2.24, 2.45) is 0 Å². The Labute approximate surface area is 220 Å². The van der Waals surface area contributed by atoms with Gasteiger partial charge in [0.2, 0.25) is 0 Å². The van der Waals surface area contributed by atoms with Crippen molar-refractivity contribution >= 4 is 22.3 Å². The third kappa shape index (κ3) is 4.67. The first kappa shape index (κ1) is 24.9. The predicted molar refractivity (Wildman–Crippen MR) is 149 cm³/mol. The van der Waals surface area contributed by atoms with Crippen molar-refractivity contribution in [3.8, 4) is 17.5 Å². The lowest BCUT2D eigenvalue weighted by Gasteiger charge is -2.21. The van der Waals surface area contributed by atoms with Gasteiger partial charge < -0.3 is 5.32 Å². The zero-order valence-corrected chi connectivity index (χ0v) is 21.8. The van der Waals surface area contributed by atoms with Gasteiger partial charge in [0, 0.05) is 29.3 Å². The highest BCUT2D eigenvalue weighted by Crippen LogP contribution is 2.24. The van der Waals surface area contributed by atoms with E-state index in [4.69, 9.17) is 0 Å². The number of aryl methyl sites for hydroxylation is 1. The molecule has 0 aliphatic rings. The summed E-state index contributed by atoms with van der Waals surface area (Å²) < 4.78 is 3.25. The van der Waals surface area contributed by atoms with E-state index in [1.807, 2.05) is 80.5 Å². The number of para-hydroxylation sites is 1. The molecule has 1 N–H and O–H groups in total. The van der Waals surface area contributed by atoms with E-state index in [1.54, 1.807) is 34.5 Å². The van der Waals surface area contributed by atoms with E-state index in [-0.39, 0.29) is 11.5 Å². The molecule has 0 aliphatic carbocycles. The maximum absolute atomic E-state index is 14.1. The number of pyridine rings is 1. The van der Waals surface area contributed by atoms with E-state index in [1.165, 1.54) is 0 Å². The molecule has 0 fully saturated rings. The van der Waals surface area contributed by atoms with Crippen LogP contribution in [-0.4, -0.2) is 50.6 Å². The molecule has 8 heteroatoms. The molecule has 3 aromatic heterocycles. The van der Waals surface area contributed by atoms with Crippen LogP contribution >= 0.6 is 0 Å². The number of fused-ring (bicyclic) bond motifs is 2. The summed E-state index contributed by atoms with van der Waals surface area (Å²) in [5, 5.41) is 8.79. The van der Waals surface area contributed by atoms with Crippen molar-refractivity contribution < 1.29 is 4.79 Å². The van der Waals surface area contributed by atoms with Gasteiger partial charge in [-0.3, -0.25) is 19.1 Å². The van der Waals surface area contributed by atoms with Crippen molar-refractivity contribution in [3.63, 3.8) is 0 Å². The zero-order chi connectivity index (χ0) is 26.8. The number of nitrogens with zero attached hydrogens (tertiary/aromatic N) is 5. The predicted octanol–water partition coefficient (Wildman–Crippen LogP) is 3.75.